The van der Waals surface area contributed by atoms with Gasteiger partial charge in [-0.2, -0.15) is 0 Å². The Balaban J connectivity index is 0.00000264. The molecule has 2 N–H and O–H groups in total. The Morgan fingerprint density at radius 2 is 2.00 bits per heavy atom. The van der Waals surface area contributed by atoms with Crippen LogP contribution in [-0.4, -0.2) is 24.5 Å². The highest BCUT2D eigenvalue weighted by molar-refractivity contribution is 14.0. The van der Waals surface area contributed by atoms with E-state index in [4.69, 9.17) is 11.6 Å². The molecule has 0 radical (unpaired) electrons. The van der Waals surface area contributed by atoms with Gasteiger partial charge < -0.3 is 10.6 Å². The second-order valence-corrected chi connectivity index (χ2v) is 6.63. The molecule has 0 bridgehead atoms. The summed E-state index contributed by atoms with van der Waals surface area (Å²) in [6.07, 6.45) is 0.860. The fraction of sp³-hybridized carbons (Fsp3) is 0.375. The Hall–Kier alpha value is -0.860. The van der Waals surface area contributed by atoms with Crippen molar-refractivity contribution >= 4 is 52.9 Å². The first-order valence-electron chi connectivity index (χ1n) is 7.21. The average molecular weight is 465 g/mol. The van der Waals surface area contributed by atoms with Crippen LogP contribution in [0.25, 0.3) is 0 Å². The molecular formula is C16H22ClIN4S. The molecule has 2 aromatic rings. The number of hydrogen-bond acceptors (Lipinski definition) is 3. The smallest absolute Gasteiger partial charge is 0.191 e. The van der Waals surface area contributed by atoms with Crippen molar-refractivity contribution in [2.24, 2.45) is 4.99 Å². The van der Waals surface area contributed by atoms with Crippen LogP contribution < -0.4 is 10.6 Å². The van der Waals surface area contributed by atoms with Gasteiger partial charge in [-0.15, -0.1) is 35.3 Å². The molecule has 0 aliphatic heterocycles. The Bertz CT molecular complexity index is 657. The van der Waals surface area contributed by atoms with Gasteiger partial charge in [-0.3, -0.25) is 4.99 Å². The first-order valence-corrected chi connectivity index (χ1v) is 8.40. The van der Waals surface area contributed by atoms with Crippen LogP contribution in [0.15, 0.2) is 29.3 Å². The van der Waals surface area contributed by atoms with Crippen molar-refractivity contribution in [3.63, 3.8) is 0 Å². The number of guanidine groups is 1. The summed E-state index contributed by atoms with van der Waals surface area (Å²) in [6, 6.07) is 7.91. The minimum Gasteiger partial charge on any atom is -0.356 e. The maximum atomic E-state index is 6.16. The van der Waals surface area contributed by atoms with Crippen LogP contribution >= 0.6 is 46.9 Å². The summed E-state index contributed by atoms with van der Waals surface area (Å²) in [5, 5.41) is 8.53. The van der Waals surface area contributed by atoms with Gasteiger partial charge in [-0.25, -0.2) is 4.98 Å². The monoisotopic (exact) mass is 464 g/mol. The molecule has 1 aromatic carbocycles. The van der Waals surface area contributed by atoms with E-state index < -0.39 is 0 Å². The summed E-state index contributed by atoms with van der Waals surface area (Å²) in [5.41, 5.74) is 2.22. The van der Waals surface area contributed by atoms with E-state index in [0.29, 0.717) is 0 Å². The molecule has 0 amide bonds. The van der Waals surface area contributed by atoms with E-state index in [2.05, 4.69) is 20.6 Å². The summed E-state index contributed by atoms with van der Waals surface area (Å²) in [4.78, 5) is 9.91. The van der Waals surface area contributed by atoms with Gasteiger partial charge in [-0.1, -0.05) is 29.8 Å². The molecule has 0 aliphatic carbocycles. The Kier molecular flexibility index (Phi) is 8.86. The van der Waals surface area contributed by atoms with Crippen LogP contribution in [0.3, 0.4) is 0 Å². The van der Waals surface area contributed by atoms with Gasteiger partial charge in [0, 0.05) is 23.5 Å². The van der Waals surface area contributed by atoms with E-state index in [9.17, 15) is 0 Å². The maximum Gasteiger partial charge on any atom is 0.191 e. The van der Waals surface area contributed by atoms with Gasteiger partial charge in [0.1, 0.15) is 0 Å². The van der Waals surface area contributed by atoms with Gasteiger partial charge in [0.05, 0.1) is 17.2 Å². The van der Waals surface area contributed by atoms with Crippen LogP contribution in [0.2, 0.25) is 5.02 Å². The molecule has 0 aliphatic rings. The number of halogens is 2. The molecule has 4 nitrogen and oxygen atoms in total. The van der Waals surface area contributed by atoms with Crippen molar-refractivity contribution in [3.8, 4) is 0 Å². The normalized spacial score (nSPS) is 11.0. The van der Waals surface area contributed by atoms with Gasteiger partial charge in [0.2, 0.25) is 0 Å². The lowest BCUT2D eigenvalue weighted by atomic mass is 10.1. The van der Waals surface area contributed by atoms with Crippen LogP contribution in [0.4, 0.5) is 0 Å². The highest BCUT2D eigenvalue weighted by Gasteiger charge is 2.06. The zero-order valence-electron chi connectivity index (χ0n) is 13.5. The third-order valence-electron chi connectivity index (χ3n) is 3.28. The molecule has 1 aromatic heterocycles. The summed E-state index contributed by atoms with van der Waals surface area (Å²) >= 11 is 7.87. The van der Waals surface area contributed by atoms with Gasteiger partial charge in [0.15, 0.2) is 5.96 Å². The molecule has 0 atom stereocenters. The van der Waals surface area contributed by atoms with E-state index in [-0.39, 0.29) is 24.0 Å². The molecule has 1 heterocycles. The molecule has 0 saturated heterocycles. The number of aromatic nitrogens is 1. The van der Waals surface area contributed by atoms with E-state index in [1.165, 1.54) is 4.88 Å². The van der Waals surface area contributed by atoms with Crippen LogP contribution in [-0.2, 0) is 13.0 Å². The van der Waals surface area contributed by atoms with Crippen molar-refractivity contribution in [1.29, 1.82) is 0 Å². The van der Waals surface area contributed by atoms with Crippen molar-refractivity contribution < 1.29 is 0 Å². The first-order chi connectivity index (χ1) is 10.6. The number of aliphatic imine (C=N–C) groups is 1. The summed E-state index contributed by atoms with van der Waals surface area (Å²) in [6.45, 7) is 5.58. The topological polar surface area (TPSA) is 49.3 Å². The molecule has 126 valence electrons. The highest BCUT2D eigenvalue weighted by atomic mass is 127. The number of hydrogen-bond donors (Lipinski definition) is 2. The molecule has 0 fully saturated rings. The SMILES string of the molecule is CN=C(NCCc1ccccc1Cl)NCc1sc(C)nc1C.I. The number of nitrogens with zero attached hydrogens (tertiary/aromatic N) is 2. The average Bonchev–Trinajstić information content (AvgIpc) is 2.82. The quantitative estimate of drug-likeness (QED) is 0.400. The fourth-order valence-electron chi connectivity index (χ4n) is 2.14. The predicted molar refractivity (Wildman–Crippen MR) is 110 cm³/mol. The van der Waals surface area contributed by atoms with Crippen molar-refractivity contribution in [2.75, 3.05) is 13.6 Å². The fourth-order valence-corrected chi connectivity index (χ4v) is 3.25. The molecule has 0 spiro atoms. The Labute approximate surface area is 163 Å². The summed E-state index contributed by atoms with van der Waals surface area (Å²) in [7, 11) is 1.77. The molecule has 2 rings (SSSR count). The minimum atomic E-state index is 0. The lowest BCUT2D eigenvalue weighted by Gasteiger charge is -2.12. The van der Waals surface area contributed by atoms with Crippen molar-refractivity contribution in [1.82, 2.24) is 15.6 Å². The van der Waals surface area contributed by atoms with Crippen LogP contribution in [0, 0.1) is 13.8 Å². The molecule has 0 unspecified atom stereocenters. The van der Waals surface area contributed by atoms with E-state index >= 15 is 0 Å². The molecule has 23 heavy (non-hydrogen) atoms. The van der Waals surface area contributed by atoms with E-state index in [0.717, 1.165) is 46.8 Å². The zero-order valence-corrected chi connectivity index (χ0v) is 17.4. The molecule has 0 saturated carbocycles. The lowest BCUT2D eigenvalue weighted by Crippen LogP contribution is -2.37. The molecule has 7 heteroatoms. The van der Waals surface area contributed by atoms with Gasteiger partial charge >= 0.3 is 0 Å². The molecular weight excluding hydrogens is 443 g/mol. The minimum absolute atomic E-state index is 0. The largest absolute Gasteiger partial charge is 0.356 e. The van der Waals surface area contributed by atoms with Crippen LogP contribution in [0.5, 0.6) is 0 Å². The third-order valence-corrected chi connectivity index (χ3v) is 4.73. The first kappa shape index (κ1) is 20.2. The number of nitrogens with one attached hydrogen (secondary N) is 2. The van der Waals surface area contributed by atoms with Gasteiger partial charge in [-0.05, 0) is 31.9 Å². The van der Waals surface area contributed by atoms with Crippen molar-refractivity contribution in [3.05, 3.63) is 50.4 Å². The number of rotatable bonds is 5. The number of benzene rings is 1. The lowest BCUT2D eigenvalue weighted by molar-refractivity contribution is 0.796. The Morgan fingerprint density at radius 3 is 2.61 bits per heavy atom. The van der Waals surface area contributed by atoms with Gasteiger partial charge in [0.25, 0.3) is 0 Å². The highest BCUT2D eigenvalue weighted by Crippen LogP contribution is 2.16. The number of aryl methyl sites for hydroxylation is 2. The van der Waals surface area contributed by atoms with E-state index in [1.54, 1.807) is 18.4 Å². The maximum absolute atomic E-state index is 6.16. The third kappa shape index (κ3) is 6.27. The standard InChI is InChI=1S/C16H21ClN4S.HI/c1-11-15(22-12(2)21-11)10-20-16(18-3)19-9-8-13-6-4-5-7-14(13)17;/h4-7H,8-10H2,1-3H3,(H2,18,19,20);1H. The number of thiazole rings is 1. The zero-order chi connectivity index (χ0) is 15.9. The second kappa shape index (κ2) is 10.1. The predicted octanol–water partition coefficient (Wildman–Crippen LogP) is 3.94. The summed E-state index contributed by atoms with van der Waals surface area (Å²) < 4.78 is 0. The van der Waals surface area contributed by atoms with Crippen LogP contribution in [0.1, 0.15) is 21.1 Å². The Morgan fingerprint density at radius 1 is 1.26 bits per heavy atom. The second-order valence-electron chi connectivity index (χ2n) is 4.94. The van der Waals surface area contributed by atoms with Crippen molar-refractivity contribution in [2.45, 2.75) is 26.8 Å². The van der Waals surface area contributed by atoms with E-state index in [1.807, 2.05) is 38.1 Å². The summed E-state index contributed by atoms with van der Waals surface area (Å²) in [5.74, 6) is 0.789.